The van der Waals surface area contributed by atoms with Gasteiger partial charge >= 0.3 is 0 Å². The Morgan fingerprint density at radius 1 is 1.50 bits per heavy atom. The number of carbonyl (C=O) groups excluding carboxylic acids is 1. The van der Waals surface area contributed by atoms with Crippen LogP contribution >= 0.6 is 15.9 Å². The van der Waals surface area contributed by atoms with Crippen molar-refractivity contribution < 1.29 is 13.6 Å². The van der Waals surface area contributed by atoms with Crippen LogP contribution in [0.5, 0.6) is 0 Å². The van der Waals surface area contributed by atoms with Gasteiger partial charge in [-0.25, -0.2) is 0 Å². The molecule has 0 heterocycles. The predicted octanol–water partition coefficient (Wildman–Crippen LogP) is 2.21. The number of hydrogen-bond donors (Lipinski definition) is 1. The second-order valence-electron chi connectivity index (χ2n) is 4.35. The van der Waals surface area contributed by atoms with Crippen molar-refractivity contribution >= 4 is 32.9 Å². The Morgan fingerprint density at radius 3 is 2.72 bits per heavy atom. The highest BCUT2D eigenvalue weighted by Crippen LogP contribution is 2.19. The first-order valence-electron chi connectivity index (χ1n) is 5.52. The second-order valence-corrected chi connectivity index (χ2v) is 6.17. The average molecular weight is 333 g/mol. The fraction of sp³-hybridized carbons (Fsp3) is 0.417. The first kappa shape index (κ1) is 15.3. The van der Waals surface area contributed by atoms with Crippen LogP contribution in [0.2, 0.25) is 0 Å². The fourth-order valence-electron chi connectivity index (χ4n) is 1.61. The van der Waals surface area contributed by atoms with E-state index in [2.05, 4.69) is 35.1 Å². The van der Waals surface area contributed by atoms with Crippen LogP contribution in [-0.2, 0) is 17.5 Å². The average Bonchev–Trinajstić information content (AvgIpc) is 2.25. The zero-order valence-corrected chi connectivity index (χ0v) is 12.6. The SMILES string of the molecule is CC(C)Cc1cc(Br)ccc1C(=O)NCS(=O)[O-]. The van der Waals surface area contributed by atoms with Gasteiger partial charge in [-0.15, -0.1) is 0 Å². The molecule has 0 fully saturated rings. The number of amides is 1. The minimum absolute atomic E-state index is 0.359. The van der Waals surface area contributed by atoms with Gasteiger partial charge in [-0.05, 0) is 47.2 Å². The molecule has 6 heteroatoms. The van der Waals surface area contributed by atoms with Crippen molar-refractivity contribution in [1.29, 1.82) is 0 Å². The summed E-state index contributed by atoms with van der Waals surface area (Å²) in [6.07, 6.45) is 0.767. The summed E-state index contributed by atoms with van der Waals surface area (Å²) in [7, 11) is 0. The lowest BCUT2D eigenvalue weighted by molar-refractivity contribution is 0.0958. The summed E-state index contributed by atoms with van der Waals surface area (Å²) in [5.74, 6) is -0.308. The van der Waals surface area contributed by atoms with Crippen molar-refractivity contribution in [2.24, 2.45) is 5.92 Å². The molecule has 0 aliphatic heterocycles. The maximum absolute atomic E-state index is 11.9. The molecule has 1 atom stereocenters. The largest absolute Gasteiger partial charge is 0.771 e. The van der Waals surface area contributed by atoms with Crippen molar-refractivity contribution in [2.45, 2.75) is 20.3 Å². The van der Waals surface area contributed by atoms with E-state index in [-0.39, 0.29) is 11.8 Å². The molecular formula is C12H15BrNO3S-. The summed E-state index contributed by atoms with van der Waals surface area (Å²) in [4.78, 5) is 11.9. The van der Waals surface area contributed by atoms with E-state index >= 15 is 0 Å². The number of rotatable bonds is 5. The summed E-state index contributed by atoms with van der Waals surface area (Å²) in [6.45, 7) is 4.13. The Morgan fingerprint density at radius 2 is 2.17 bits per heavy atom. The van der Waals surface area contributed by atoms with Crippen molar-refractivity contribution in [2.75, 3.05) is 5.88 Å². The van der Waals surface area contributed by atoms with Crippen LogP contribution < -0.4 is 5.32 Å². The van der Waals surface area contributed by atoms with Gasteiger partial charge < -0.3 is 9.87 Å². The topological polar surface area (TPSA) is 69.2 Å². The lowest BCUT2D eigenvalue weighted by Crippen LogP contribution is -2.28. The van der Waals surface area contributed by atoms with Gasteiger partial charge in [-0.3, -0.25) is 9.00 Å². The van der Waals surface area contributed by atoms with Gasteiger partial charge in [0.1, 0.15) is 0 Å². The van der Waals surface area contributed by atoms with Crippen molar-refractivity contribution in [3.8, 4) is 0 Å². The second kappa shape index (κ2) is 7.01. The first-order valence-corrected chi connectivity index (χ1v) is 7.56. The van der Waals surface area contributed by atoms with Crippen LogP contribution in [-0.4, -0.2) is 20.5 Å². The van der Waals surface area contributed by atoms with E-state index < -0.39 is 11.1 Å². The number of nitrogens with one attached hydrogen (secondary N) is 1. The number of hydrogen-bond acceptors (Lipinski definition) is 3. The Labute approximate surface area is 118 Å². The Bertz CT molecular complexity index is 463. The minimum Gasteiger partial charge on any atom is -0.771 e. The molecule has 4 nitrogen and oxygen atoms in total. The van der Waals surface area contributed by atoms with Crippen LogP contribution in [0.25, 0.3) is 0 Å². The van der Waals surface area contributed by atoms with E-state index in [1.54, 1.807) is 12.1 Å². The number of benzene rings is 1. The zero-order valence-electron chi connectivity index (χ0n) is 10.2. The third-order valence-corrected chi connectivity index (χ3v) is 3.16. The molecule has 0 saturated carbocycles. The van der Waals surface area contributed by atoms with Crippen LogP contribution in [0.1, 0.15) is 29.8 Å². The summed E-state index contributed by atoms with van der Waals surface area (Å²) in [5, 5.41) is 2.36. The maximum Gasteiger partial charge on any atom is 0.252 e. The maximum atomic E-state index is 11.9. The zero-order chi connectivity index (χ0) is 13.7. The number of halogens is 1. The molecule has 0 spiro atoms. The molecule has 1 amide bonds. The highest BCUT2D eigenvalue weighted by Gasteiger charge is 2.12. The van der Waals surface area contributed by atoms with Crippen LogP contribution in [0.3, 0.4) is 0 Å². The predicted molar refractivity (Wildman–Crippen MR) is 73.9 cm³/mol. The van der Waals surface area contributed by atoms with Crippen molar-refractivity contribution in [3.05, 3.63) is 33.8 Å². The highest BCUT2D eigenvalue weighted by atomic mass is 79.9. The smallest absolute Gasteiger partial charge is 0.252 e. The quantitative estimate of drug-likeness (QED) is 0.840. The van der Waals surface area contributed by atoms with E-state index in [1.807, 2.05) is 6.07 Å². The molecule has 0 aliphatic rings. The van der Waals surface area contributed by atoms with Gasteiger partial charge in [-0.2, -0.15) is 0 Å². The minimum atomic E-state index is -2.27. The van der Waals surface area contributed by atoms with Gasteiger partial charge in [0.15, 0.2) is 0 Å². The summed E-state index contributed by atoms with van der Waals surface area (Å²) < 4.78 is 21.8. The van der Waals surface area contributed by atoms with Crippen molar-refractivity contribution in [3.63, 3.8) is 0 Å². The Balaban J connectivity index is 2.92. The summed E-state index contributed by atoms with van der Waals surface area (Å²) >= 11 is 1.09. The Hall–Kier alpha value is -0.720. The number of carbonyl (C=O) groups is 1. The Kier molecular flexibility index (Phi) is 5.98. The lowest BCUT2D eigenvalue weighted by Gasteiger charge is -2.13. The molecule has 1 unspecified atom stereocenters. The molecule has 1 aromatic rings. The molecule has 18 heavy (non-hydrogen) atoms. The molecule has 0 aromatic heterocycles. The van der Waals surface area contributed by atoms with Gasteiger partial charge in [-0.1, -0.05) is 29.8 Å². The van der Waals surface area contributed by atoms with E-state index in [4.69, 9.17) is 0 Å². The first-order chi connectivity index (χ1) is 8.40. The van der Waals surface area contributed by atoms with Gasteiger partial charge in [0.05, 0.1) is 5.88 Å². The van der Waals surface area contributed by atoms with Crippen LogP contribution in [0, 0.1) is 5.92 Å². The molecule has 1 aromatic carbocycles. The van der Waals surface area contributed by atoms with Crippen LogP contribution in [0.15, 0.2) is 22.7 Å². The summed E-state index contributed by atoms with van der Waals surface area (Å²) in [6, 6.07) is 5.36. The van der Waals surface area contributed by atoms with Crippen molar-refractivity contribution in [1.82, 2.24) is 5.32 Å². The molecule has 1 N–H and O–H groups in total. The normalized spacial score (nSPS) is 12.5. The molecular weight excluding hydrogens is 318 g/mol. The highest BCUT2D eigenvalue weighted by molar-refractivity contribution is 9.10. The summed E-state index contributed by atoms with van der Waals surface area (Å²) in [5.41, 5.74) is 1.44. The third-order valence-electron chi connectivity index (χ3n) is 2.29. The van der Waals surface area contributed by atoms with E-state index in [0.717, 1.165) is 16.5 Å². The van der Waals surface area contributed by atoms with Crippen LogP contribution in [0.4, 0.5) is 0 Å². The fourth-order valence-corrected chi connectivity index (χ4v) is 2.27. The van der Waals surface area contributed by atoms with Gasteiger partial charge in [0, 0.05) is 10.0 Å². The van der Waals surface area contributed by atoms with Gasteiger partial charge in [0.25, 0.3) is 5.91 Å². The molecule has 0 radical (unpaired) electrons. The monoisotopic (exact) mass is 332 g/mol. The standard InChI is InChI=1S/C12H16BrNO3S/c1-8(2)5-9-6-10(13)3-4-11(9)12(15)14-7-18(16)17/h3-4,6,8H,5,7H2,1-2H3,(H,14,15)(H,16,17)/p-1. The lowest BCUT2D eigenvalue weighted by atomic mass is 9.97. The van der Waals surface area contributed by atoms with E-state index in [1.165, 1.54) is 0 Å². The molecule has 0 bridgehead atoms. The van der Waals surface area contributed by atoms with E-state index in [9.17, 15) is 13.6 Å². The molecule has 1 rings (SSSR count). The molecule has 100 valence electrons. The van der Waals surface area contributed by atoms with Gasteiger partial charge in [0.2, 0.25) is 0 Å². The molecule has 0 saturated heterocycles. The third kappa shape index (κ3) is 4.88. The molecule has 0 aliphatic carbocycles. The van der Waals surface area contributed by atoms with E-state index in [0.29, 0.717) is 11.5 Å².